The van der Waals surface area contributed by atoms with Gasteiger partial charge in [-0.25, -0.2) is 0 Å². The Balaban J connectivity index is 1.54. The quantitative estimate of drug-likeness (QED) is 0.485. The first-order valence-corrected chi connectivity index (χ1v) is 10.5. The van der Waals surface area contributed by atoms with Gasteiger partial charge in [-0.3, -0.25) is 4.79 Å². The molecule has 32 heavy (non-hydrogen) atoms. The Morgan fingerprint density at radius 2 is 1.56 bits per heavy atom. The summed E-state index contributed by atoms with van der Waals surface area (Å²) in [5.74, 6) is 1.80. The van der Waals surface area contributed by atoms with Gasteiger partial charge in [-0.1, -0.05) is 12.1 Å². The van der Waals surface area contributed by atoms with Crippen molar-refractivity contribution in [2.24, 2.45) is 0 Å². The summed E-state index contributed by atoms with van der Waals surface area (Å²) < 4.78 is 27.5. The smallest absolute Gasteiger partial charge is 0.231 e. The number of furan rings is 1. The molecule has 0 amide bonds. The van der Waals surface area contributed by atoms with Crippen LogP contribution in [0.15, 0.2) is 59.0 Å². The van der Waals surface area contributed by atoms with Gasteiger partial charge in [0.15, 0.2) is 5.76 Å². The van der Waals surface area contributed by atoms with Gasteiger partial charge in [0, 0.05) is 37.5 Å². The number of anilines is 1. The predicted molar refractivity (Wildman–Crippen MR) is 121 cm³/mol. The highest BCUT2D eigenvalue weighted by atomic mass is 16.5. The zero-order valence-electron chi connectivity index (χ0n) is 18.5. The molecule has 4 rings (SSSR count). The van der Waals surface area contributed by atoms with E-state index in [4.69, 9.17) is 23.4 Å². The molecule has 2 heterocycles. The van der Waals surface area contributed by atoms with Crippen molar-refractivity contribution in [1.82, 2.24) is 0 Å². The molecule has 0 radical (unpaired) electrons. The van der Waals surface area contributed by atoms with Gasteiger partial charge in [0.1, 0.15) is 23.4 Å². The van der Waals surface area contributed by atoms with E-state index in [1.54, 1.807) is 32.4 Å². The third kappa shape index (κ3) is 4.64. The molecule has 1 saturated heterocycles. The summed E-state index contributed by atoms with van der Waals surface area (Å²) in [5.41, 5.74) is 2.63. The average molecular weight is 437 g/mol. The van der Waals surface area contributed by atoms with E-state index < -0.39 is 6.10 Å². The van der Waals surface area contributed by atoms with Gasteiger partial charge in [-0.05, 0) is 42.0 Å². The maximum absolute atomic E-state index is 13.2. The van der Waals surface area contributed by atoms with Gasteiger partial charge in [-0.15, -0.1) is 0 Å². The Morgan fingerprint density at radius 1 is 0.906 bits per heavy atom. The number of carbonyl (C=O) groups is 1. The van der Waals surface area contributed by atoms with Crippen LogP contribution in [0.2, 0.25) is 0 Å². The highest BCUT2D eigenvalue weighted by Crippen LogP contribution is 2.32. The minimum atomic E-state index is -0.757. The van der Waals surface area contributed by atoms with E-state index >= 15 is 0 Å². The molecule has 0 N–H and O–H groups in total. The number of benzene rings is 2. The average Bonchev–Trinajstić information content (AvgIpc) is 3.35. The summed E-state index contributed by atoms with van der Waals surface area (Å²) in [7, 11) is 4.70. The van der Waals surface area contributed by atoms with Crippen molar-refractivity contribution in [3.63, 3.8) is 0 Å². The molecule has 2 aromatic carbocycles. The molecule has 0 spiro atoms. The summed E-state index contributed by atoms with van der Waals surface area (Å²) in [6.45, 7) is 3.16. The number of nitrogens with zero attached hydrogens (tertiary/aromatic N) is 1. The summed E-state index contributed by atoms with van der Waals surface area (Å²) in [4.78, 5) is 15.4. The molecule has 1 fully saturated rings. The Morgan fingerprint density at radius 3 is 2.16 bits per heavy atom. The maximum Gasteiger partial charge on any atom is 0.231 e. The van der Waals surface area contributed by atoms with E-state index in [1.807, 2.05) is 36.4 Å². The zero-order chi connectivity index (χ0) is 22.5. The number of ether oxygens (including phenoxy) is 4. The number of morpholine rings is 1. The highest BCUT2D eigenvalue weighted by molar-refractivity contribution is 5.98. The van der Waals surface area contributed by atoms with Crippen LogP contribution in [-0.4, -0.2) is 53.4 Å². The number of methoxy groups -OCH3 is 3. The molecule has 1 aromatic heterocycles. The summed E-state index contributed by atoms with van der Waals surface area (Å²) in [6, 6.07) is 16.7. The van der Waals surface area contributed by atoms with E-state index in [1.165, 1.54) is 7.11 Å². The van der Waals surface area contributed by atoms with Crippen LogP contribution in [0.3, 0.4) is 0 Å². The fourth-order valence-electron chi connectivity index (χ4n) is 3.78. The van der Waals surface area contributed by atoms with Crippen LogP contribution < -0.4 is 14.4 Å². The Kier molecular flexibility index (Phi) is 6.78. The molecule has 3 aromatic rings. The second-order valence-corrected chi connectivity index (χ2v) is 7.44. The largest absolute Gasteiger partial charge is 0.497 e. The Hall–Kier alpha value is -3.29. The van der Waals surface area contributed by atoms with E-state index in [9.17, 15) is 4.79 Å². The van der Waals surface area contributed by atoms with Crippen molar-refractivity contribution in [2.75, 3.05) is 52.5 Å². The Labute approximate surface area is 187 Å². The predicted octanol–water partition coefficient (Wildman–Crippen LogP) is 4.37. The SMILES string of the molecule is COc1cc(OC)cc(-c2ccc(C(=O)C(OC)c3ccc(N4CCOCC4)cc3)o2)c1. The number of hydrogen-bond donors (Lipinski definition) is 0. The van der Waals surface area contributed by atoms with Crippen LogP contribution >= 0.6 is 0 Å². The van der Waals surface area contributed by atoms with E-state index in [0.717, 1.165) is 43.1 Å². The molecule has 1 aliphatic rings. The number of Topliss-reactive ketones (excluding diaryl/α,β-unsaturated/α-hetero) is 1. The van der Waals surface area contributed by atoms with Crippen molar-refractivity contribution < 1.29 is 28.2 Å². The van der Waals surface area contributed by atoms with Crippen molar-refractivity contribution in [3.8, 4) is 22.8 Å². The van der Waals surface area contributed by atoms with Crippen LogP contribution in [0.1, 0.15) is 22.2 Å². The van der Waals surface area contributed by atoms with Gasteiger partial charge in [0.05, 0.1) is 27.4 Å². The normalized spacial score (nSPS) is 14.8. The van der Waals surface area contributed by atoms with Gasteiger partial charge >= 0.3 is 0 Å². The van der Waals surface area contributed by atoms with Crippen LogP contribution in [-0.2, 0) is 9.47 Å². The van der Waals surface area contributed by atoms with Crippen molar-refractivity contribution in [2.45, 2.75) is 6.10 Å². The zero-order valence-corrected chi connectivity index (χ0v) is 18.5. The van der Waals surface area contributed by atoms with Crippen LogP contribution in [0.4, 0.5) is 5.69 Å². The van der Waals surface area contributed by atoms with Crippen LogP contribution in [0.25, 0.3) is 11.3 Å². The minimum Gasteiger partial charge on any atom is -0.497 e. The first kappa shape index (κ1) is 21.9. The van der Waals surface area contributed by atoms with Gasteiger partial charge < -0.3 is 28.3 Å². The summed E-state index contributed by atoms with van der Waals surface area (Å²) >= 11 is 0. The van der Waals surface area contributed by atoms with Crippen molar-refractivity contribution in [3.05, 3.63) is 65.9 Å². The lowest BCUT2D eigenvalue weighted by molar-refractivity contribution is 0.0577. The molecule has 1 unspecified atom stereocenters. The second-order valence-electron chi connectivity index (χ2n) is 7.44. The molecular formula is C25H27NO6. The fourth-order valence-corrected chi connectivity index (χ4v) is 3.78. The number of rotatable bonds is 8. The van der Waals surface area contributed by atoms with Crippen molar-refractivity contribution >= 4 is 11.5 Å². The standard InChI is InChI=1S/C25H27NO6/c1-28-20-14-18(15-21(16-20)29-2)22-8-9-23(32-22)24(27)25(30-3)17-4-6-19(7-5-17)26-10-12-31-13-11-26/h4-9,14-16,25H,10-13H2,1-3H3. The van der Waals surface area contributed by atoms with Gasteiger partial charge in [0.25, 0.3) is 0 Å². The molecule has 7 nitrogen and oxygen atoms in total. The lowest BCUT2D eigenvalue weighted by Crippen LogP contribution is -2.36. The first-order chi connectivity index (χ1) is 15.6. The van der Waals surface area contributed by atoms with Gasteiger partial charge in [-0.2, -0.15) is 0 Å². The monoisotopic (exact) mass is 437 g/mol. The third-order valence-corrected chi connectivity index (χ3v) is 5.53. The van der Waals surface area contributed by atoms with E-state index in [2.05, 4.69) is 4.90 Å². The minimum absolute atomic E-state index is 0.228. The summed E-state index contributed by atoms with van der Waals surface area (Å²) in [5, 5.41) is 0. The highest BCUT2D eigenvalue weighted by Gasteiger charge is 2.25. The molecule has 0 saturated carbocycles. The van der Waals surface area contributed by atoms with Gasteiger partial charge in [0.2, 0.25) is 5.78 Å². The van der Waals surface area contributed by atoms with E-state index in [-0.39, 0.29) is 11.5 Å². The maximum atomic E-state index is 13.2. The molecule has 0 bridgehead atoms. The Bertz CT molecular complexity index is 1030. The lowest BCUT2D eigenvalue weighted by atomic mass is 10.0. The van der Waals surface area contributed by atoms with Crippen molar-refractivity contribution in [1.29, 1.82) is 0 Å². The van der Waals surface area contributed by atoms with E-state index in [0.29, 0.717) is 17.3 Å². The second kappa shape index (κ2) is 9.89. The number of carbonyl (C=O) groups excluding carboxylic acids is 1. The lowest BCUT2D eigenvalue weighted by Gasteiger charge is -2.29. The number of ketones is 1. The number of hydrogen-bond acceptors (Lipinski definition) is 7. The summed E-state index contributed by atoms with van der Waals surface area (Å²) in [6.07, 6.45) is -0.757. The molecule has 7 heteroatoms. The third-order valence-electron chi connectivity index (χ3n) is 5.53. The first-order valence-electron chi connectivity index (χ1n) is 10.5. The molecular weight excluding hydrogens is 410 g/mol. The van der Waals surface area contributed by atoms with Crippen LogP contribution in [0, 0.1) is 0 Å². The molecule has 1 atom stereocenters. The topological polar surface area (TPSA) is 70.4 Å². The molecule has 1 aliphatic heterocycles. The molecule has 168 valence electrons. The molecule has 0 aliphatic carbocycles. The fraction of sp³-hybridized carbons (Fsp3) is 0.320. The van der Waals surface area contributed by atoms with Crippen LogP contribution in [0.5, 0.6) is 11.5 Å².